The minimum absolute atomic E-state index is 0.174. The number of halogens is 3. The van der Waals surface area contributed by atoms with Crippen molar-refractivity contribution >= 4 is 27.5 Å². The van der Waals surface area contributed by atoms with Gasteiger partial charge in [0, 0.05) is 16.8 Å². The van der Waals surface area contributed by atoms with Crippen LogP contribution in [0.25, 0.3) is 0 Å². The molecule has 0 aliphatic carbocycles. The van der Waals surface area contributed by atoms with E-state index in [9.17, 15) is 14.0 Å². The molecule has 0 fully saturated rings. The van der Waals surface area contributed by atoms with E-state index in [1.807, 2.05) is 0 Å². The second-order valence-electron chi connectivity index (χ2n) is 3.57. The summed E-state index contributed by atoms with van der Waals surface area (Å²) in [5.41, 5.74) is -0.964. The molecule has 7 heteroatoms. The SMILES string of the molecule is O=c1[nH]cc(Br)c(=O)n1Cc1cc(Cl)ccc1F. The van der Waals surface area contributed by atoms with Crippen molar-refractivity contribution in [2.45, 2.75) is 6.54 Å². The molecule has 0 saturated carbocycles. The van der Waals surface area contributed by atoms with Crippen LogP contribution in [0.2, 0.25) is 5.02 Å². The smallest absolute Gasteiger partial charge is 0.313 e. The van der Waals surface area contributed by atoms with Gasteiger partial charge >= 0.3 is 5.69 Å². The average molecular weight is 334 g/mol. The summed E-state index contributed by atoms with van der Waals surface area (Å²) >= 11 is 8.75. The van der Waals surface area contributed by atoms with Gasteiger partial charge in [-0.1, -0.05) is 11.6 Å². The number of nitrogens with one attached hydrogen (secondary N) is 1. The fourth-order valence-corrected chi connectivity index (χ4v) is 1.99. The monoisotopic (exact) mass is 332 g/mol. The van der Waals surface area contributed by atoms with Gasteiger partial charge < -0.3 is 4.98 Å². The lowest BCUT2D eigenvalue weighted by molar-refractivity contribution is 0.588. The molecular formula is C11H7BrClFN2O2. The Morgan fingerprint density at radius 1 is 1.39 bits per heavy atom. The summed E-state index contributed by atoms with van der Waals surface area (Å²) in [7, 11) is 0. The zero-order chi connectivity index (χ0) is 13.3. The predicted octanol–water partition coefficient (Wildman–Crippen LogP) is 2.14. The summed E-state index contributed by atoms with van der Waals surface area (Å²) in [5.74, 6) is -0.523. The third kappa shape index (κ3) is 2.54. The molecule has 1 aromatic carbocycles. The lowest BCUT2D eigenvalue weighted by atomic mass is 10.2. The first kappa shape index (κ1) is 13.0. The van der Waals surface area contributed by atoms with Gasteiger partial charge in [0.25, 0.3) is 5.56 Å². The average Bonchev–Trinajstić information content (AvgIpc) is 2.34. The molecule has 2 aromatic rings. The summed E-state index contributed by atoms with van der Waals surface area (Å²) in [5, 5.41) is 0.339. The van der Waals surface area contributed by atoms with E-state index in [1.54, 1.807) is 0 Å². The van der Waals surface area contributed by atoms with Crippen LogP contribution in [0.1, 0.15) is 5.56 Å². The van der Waals surface area contributed by atoms with E-state index in [0.29, 0.717) is 5.02 Å². The van der Waals surface area contributed by atoms with Crippen LogP contribution in [0.3, 0.4) is 0 Å². The van der Waals surface area contributed by atoms with Gasteiger partial charge in [-0.25, -0.2) is 9.18 Å². The highest BCUT2D eigenvalue weighted by Gasteiger charge is 2.09. The molecule has 94 valence electrons. The van der Waals surface area contributed by atoms with Crippen molar-refractivity contribution < 1.29 is 4.39 Å². The Bertz CT molecular complexity index is 711. The van der Waals surface area contributed by atoms with Crippen LogP contribution in [-0.2, 0) is 6.54 Å². The van der Waals surface area contributed by atoms with Crippen LogP contribution in [0, 0.1) is 5.82 Å². The first-order chi connectivity index (χ1) is 8.49. The normalized spacial score (nSPS) is 10.6. The van der Waals surface area contributed by atoms with Gasteiger partial charge in [0.05, 0.1) is 11.0 Å². The minimum atomic E-state index is -0.609. The Morgan fingerprint density at radius 2 is 2.11 bits per heavy atom. The van der Waals surface area contributed by atoms with Gasteiger partial charge in [-0.15, -0.1) is 0 Å². The number of nitrogens with zero attached hydrogens (tertiary/aromatic N) is 1. The number of H-pyrrole nitrogens is 1. The summed E-state index contributed by atoms with van der Waals surface area (Å²) in [4.78, 5) is 25.6. The van der Waals surface area contributed by atoms with E-state index in [-0.39, 0.29) is 16.6 Å². The van der Waals surface area contributed by atoms with Crippen molar-refractivity contribution in [3.8, 4) is 0 Å². The number of hydrogen-bond donors (Lipinski definition) is 1. The number of aromatic amines is 1. The standard InChI is InChI=1S/C11H7BrClFN2O2/c12-8-4-15-11(18)16(10(8)17)5-6-3-7(13)1-2-9(6)14/h1-4H,5H2,(H,15,18). The van der Waals surface area contributed by atoms with Crippen molar-refractivity contribution in [2.24, 2.45) is 0 Å². The fourth-order valence-electron chi connectivity index (χ4n) is 1.46. The second-order valence-corrected chi connectivity index (χ2v) is 4.86. The van der Waals surface area contributed by atoms with Gasteiger partial charge in [-0.3, -0.25) is 9.36 Å². The number of rotatable bonds is 2. The molecule has 1 N–H and O–H groups in total. The van der Waals surface area contributed by atoms with E-state index in [1.165, 1.54) is 24.4 Å². The molecule has 0 aliphatic rings. The van der Waals surface area contributed by atoms with Gasteiger partial charge in [0.15, 0.2) is 0 Å². The topological polar surface area (TPSA) is 54.9 Å². The molecule has 0 saturated heterocycles. The molecule has 0 unspecified atom stereocenters. The van der Waals surface area contributed by atoms with Gasteiger partial charge in [0.1, 0.15) is 5.82 Å². The molecule has 0 aliphatic heterocycles. The van der Waals surface area contributed by atoms with Crippen molar-refractivity contribution in [1.82, 2.24) is 9.55 Å². The first-order valence-electron chi connectivity index (χ1n) is 4.91. The van der Waals surface area contributed by atoms with Crippen LogP contribution >= 0.6 is 27.5 Å². The lowest BCUT2D eigenvalue weighted by Crippen LogP contribution is -2.35. The number of aromatic nitrogens is 2. The van der Waals surface area contributed by atoms with E-state index >= 15 is 0 Å². The Hall–Kier alpha value is -1.40. The van der Waals surface area contributed by atoms with Gasteiger partial charge in [0.2, 0.25) is 0 Å². The summed E-state index contributed by atoms with van der Waals surface area (Å²) in [6.07, 6.45) is 1.25. The van der Waals surface area contributed by atoms with Gasteiger partial charge in [-0.2, -0.15) is 0 Å². The first-order valence-corrected chi connectivity index (χ1v) is 6.08. The van der Waals surface area contributed by atoms with Crippen LogP contribution in [0.4, 0.5) is 4.39 Å². The highest BCUT2D eigenvalue weighted by molar-refractivity contribution is 9.10. The van der Waals surface area contributed by atoms with Crippen molar-refractivity contribution in [2.75, 3.05) is 0 Å². The fraction of sp³-hybridized carbons (Fsp3) is 0.0909. The third-order valence-electron chi connectivity index (χ3n) is 2.35. The predicted molar refractivity (Wildman–Crippen MR) is 69.5 cm³/mol. The van der Waals surface area contributed by atoms with Crippen molar-refractivity contribution in [1.29, 1.82) is 0 Å². The highest BCUT2D eigenvalue weighted by Crippen LogP contribution is 2.15. The van der Waals surface area contributed by atoms with Crippen LogP contribution < -0.4 is 11.2 Å². The zero-order valence-electron chi connectivity index (χ0n) is 8.91. The molecule has 4 nitrogen and oxygen atoms in total. The highest BCUT2D eigenvalue weighted by atomic mass is 79.9. The van der Waals surface area contributed by atoms with Crippen molar-refractivity contribution in [3.63, 3.8) is 0 Å². The Kier molecular flexibility index (Phi) is 3.68. The molecule has 1 heterocycles. The molecular weight excluding hydrogens is 326 g/mol. The maximum absolute atomic E-state index is 13.5. The quantitative estimate of drug-likeness (QED) is 0.915. The lowest BCUT2D eigenvalue weighted by Gasteiger charge is -2.06. The van der Waals surface area contributed by atoms with Crippen LogP contribution in [0.5, 0.6) is 0 Å². The van der Waals surface area contributed by atoms with Crippen LogP contribution in [0.15, 0.2) is 38.5 Å². The Balaban J connectivity index is 2.53. The maximum Gasteiger partial charge on any atom is 0.328 e. The molecule has 2 rings (SSSR count). The van der Waals surface area contributed by atoms with Crippen LogP contribution in [-0.4, -0.2) is 9.55 Å². The van der Waals surface area contributed by atoms with Gasteiger partial charge in [-0.05, 0) is 34.1 Å². The third-order valence-corrected chi connectivity index (χ3v) is 3.16. The number of hydrogen-bond acceptors (Lipinski definition) is 2. The number of benzene rings is 1. The summed E-state index contributed by atoms with van der Waals surface area (Å²) in [6.45, 7) is -0.181. The Morgan fingerprint density at radius 3 is 2.83 bits per heavy atom. The molecule has 18 heavy (non-hydrogen) atoms. The maximum atomic E-state index is 13.5. The molecule has 0 amide bonds. The zero-order valence-corrected chi connectivity index (χ0v) is 11.3. The molecule has 1 aromatic heterocycles. The Labute approximate surface area is 114 Å². The van der Waals surface area contributed by atoms with E-state index in [0.717, 1.165) is 4.57 Å². The largest absolute Gasteiger partial charge is 0.328 e. The second kappa shape index (κ2) is 5.07. The minimum Gasteiger partial charge on any atom is -0.313 e. The molecule has 0 bridgehead atoms. The molecule has 0 spiro atoms. The van der Waals surface area contributed by atoms with Crippen molar-refractivity contribution in [3.05, 3.63) is 66.1 Å². The molecule has 0 radical (unpaired) electrons. The van der Waals surface area contributed by atoms with E-state index in [2.05, 4.69) is 20.9 Å². The van der Waals surface area contributed by atoms with E-state index in [4.69, 9.17) is 11.6 Å². The molecule has 0 atom stereocenters. The summed E-state index contributed by atoms with van der Waals surface area (Å²) < 4.78 is 14.6. The summed E-state index contributed by atoms with van der Waals surface area (Å²) in [6, 6.07) is 3.97. The van der Waals surface area contributed by atoms with E-state index < -0.39 is 17.1 Å².